The summed E-state index contributed by atoms with van der Waals surface area (Å²) >= 11 is 24.9. The van der Waals surface area contributed by atoms with Crippen molar-refractivity contribution in [3.63, 3.8) is 0 Å². The monoisotopic (exact) mass is 1870 g/mol. The minimum absolute atomic E-state index is 0.0386. The number of hydrogen-bond acceptors (Lipinski definition) is 16. The third-order valence-corrected chi connectivity index (χ3v) is 35.2. The van der Waals surface area contributed by atoms with E-state index in [4.69, 9.17) is 45.4 Å². The number of halogens is 5. The largest absolute Gasteiger partial charge is 0.393 e. The van der Waals surface area contributed by atoms with Gasteiger partial charge in [0.05, 0.1) is 35.3 Å². The fourth-order valence-electron chi connectivity index (χ4n) is 22.5. The molecule has 21 heteroatoms. The van der Waals surface area contributed by atoms with E-state index in [0.29, 0.717) is 35.0 Å². The Bertz CT molecular complexity index is 4350. The Morgan fingerprint density at radius 2 is 0.835 bits per heavy atom. The second kappa shape index (κ2) is 33.0. The summed E-state index contributed by atoms with van der Waals surface area (Å²) in [6.07, 6.45) is 30.6. The molecule has 0 aromatic heterocycles. The average Bonchev–Trinajstić information content (AvgIpc) is 1.55. The SMILES string of the molecule is C=C1c2cc(Br)ccc2CC12CCC(OC)CC2.CCC1(SC#N)c2cc(Br)ccc2CC12CCC(OC)CC2.COC1CCC2(CC1)Cc1ccc(Br)cc1C21CSC(N)=N1.COC1CCC2(CC1)Cc1ccc(Br)cc1C21CSC(NC(C)(C)C)=N1.NC1=NC2(CS1)c1cc(Br)ccc1CC21CCC(O)CC1. The van der Waals surface area contributed by atoms with Crippen molar-refractivity contribution < 1.29 is 24.1 Å². The van der Waals surface area contributed by atoms with Crippen LogP contribution >= 0.6 is 127 Å². The lowest BCUT2D eigenvalue weighted by atomic mass is 9.62. The molecule has 5 aromatic carbocycles. The zero-order chi connectivity index (χ0) is 77.2. The van der Waals surface area contributed by atoms with Gasteiger partial charge in [-0.05, 0) is 332 Å². The molecule has 0 saturated heterocycles. The number of amidine groups is 3. The minimum Gasteiger partial charge on any atom is -0.393 e. The number of thioether (sulfide) groups is 4. The van der Waals surface area contributed by atoms with Crippen LogP contribution in [0.5, 0.6) is 0 Å². The number of nitrogens with zero attached hydrogens (tertiary/aromatic N) is 4. The van der Waals surface area contributed by atoms with Gasteiger partial charge in [-0.15, -0.1) is 0 Å². The number of aliphatic hydroxyl groups is 1. The van der Waals surface area contributed by atoms with Crippen LogP contribution in [0.1, 0.15) is 218 Å². The van der Waals surface area contributed by atoms with Crippen LogP contribution < -0.4 is 16.8 Å². The van der Waals surface area contributed by atoms with Crippen molar-refractivity contribution in [2.24, 2.45) is 53.5 Å². The molecular weight excluding hydrogens is 1760 g/mol. The summed E-state index contributed by atoms with van der Waals surface area (Å²) in [6, 6.07) is 33.4. The molecule has 6 N–H and O–H groups in total. The van der Waals surface area contributed by atoms with Crippen molar-refractivity contribution in [2.75, 3.05) is 45.7 Å². The number of allylic oxidation sites excluding steroid dienone is 1. The number of aliphatic hydroxyl groups excluding tert-OH is 1. The van der Waals surface area contributed by atoms with E-state index in [2.05, 4.69) is 216 Å². The number of ether oxygens (including phenoxy) is 4. The Morgan fingerprint density at radius 3 is 1.21 bits per heavy atom. The van der Waals surface area contributed by atoms with Crippen molar-refractivity contribution in [1.82, 2.24) is 5.32 Å². The van der Waals surface area contributed by atoms with Gasteiger partial charge in [0.15, 0.2) is 15.5 Å². The Labute approximate surface area is 707 Å². The first-order valence-corrected chi connectivity index (χ1v) is 47.4. The molecule has 10 aliphatic carbocycles. The third kappa shape index (κ3) is 15.4. The molecule has 0 amide bonds. The molecule has 0 radical (unpaired) electrons. The van der Waals surface area contributed by atoms with Gasteiger partial charge in [-0.25, -0.2) is 15.0 Å². The van der Waals surface area contributed by atoms with Crippen molar-refractivity contribution in [3.05, 3.63) is 176 Å². The maximum Gasteiger partial charge on any atom is 0.157 e. The van der Waals surface area contributed by atoms with Gasteiger partial charge in [-0.1, -0.05) is 159 Å². The number of hydrogen-bond donors (Lipinski definition) is 4. The highest BCUT2D eigenvalue weighted by Gasteiger charge is 2.64. The van der Waals surface area contributed by atoms with E-state index in [1.165, 1.54) is 131 Å². The van der Waals surface area contributed by atoms with Gasteiger partial charge >= 0.3 is 0 Å². The van der Waals surface area contributed by atoms with Crippen molar-refractivity contribution >= 4 is 148 Å². The summed E-state index contributed by atoms with van der Waals surface area (Å²) in [6.45, 7) is 13.3. The van der Waals surface area contributed by atoms with E-state index >= 15 is 0 Å². The van der Waals surface area contributed by atoms with Crippen LogP contribution in [0.4, 0.5) is 0 Å². The number of rotatable bonds is 6. The summed E-state index contributed by atoms with van der Waals surface area (Å²) in [5.41, 5.74) is 28.5. The van der Waals surface area contributed by atoms with Crippen molar-refractivity contribution in [3.8, 4) is 5.40 Å². The van der Waals surface area contributed by atoms with E-state index in [0.717, 1.165) is 159 Å². The molecule has 109 heavy (non-hydrogen) atoms. The Morgan fingerprint density at radius 1 is 0.495 bits per heavy atom. The standard InChI is InChI=1S/C21H29BrN2OS.C18H22BrNOS.C17H21BrN2OS.C16H19BrN2OS.C16H19BrO/c1-19(2,3)23-18-24-21(13-26-18)17-11-15(22)6-5-14(17)12-20(21)9-7-16(25-4)8-10-20;1-3-18(22-12-20)16-10-14(19)5-4-13(16)11-17(18)8-6-15(21-2)7-9-17;1-21-13-4-6-16(7-5-13)9-11-2-3-12(18)8-14(11)17(16)10-22-15(19)20-17;17-11-2-1-10-8-15(5-3-12(20)4-6-15)16(13(10)7-11)9-21-14(18)19-16;1-11-15-9-13(17)4-3-12(15)10-16(11)7-5-14(18-2)6-8-16/h5-6,11,16H,7-10,12-13H2,1-4H3,(H,23,24);4-5,10,15H,3,6-9,11H2,1-2H3;2-3,8,13H,4-7,9-10H2,1H3,(H2,19,20);1-2,7,12,20H,3-6,8-9H2,(H2,18,19);3-4,9,14H,1,5-8,10H2,2H3. The molecule has 5 aromatic rings. The van der Waals surface area contributed by atoms with E-state index in [9.17, 15) is 10.4 Å². The van der Waals surface area contributed by atoms with Gasteiger partial charge < -0.3 is 40.8 Å². The van der Waals surface area contributed by atoms with Crippen LogP contribution in [0.3, 0.4) is 0 Å². The number of thiocyanates is 1. The number of nitrogens with one attached hydrogen (secondary N) is 1. The van der Waals surface area contributed by atoms with Gasteiger partial charge in [0, 0.05) is 89.8 Å². The van der Waals surface area contributed by atoms with Gasteiger partial charge in [-0.3, -0.25) is 0 Å². The number of benzene rings is 5. The predicted molar refractivity (Wildman–Crippen MR) is 473 cm³/mol. The molecule has 586 valence electrons. The maximum absolute atomic E-state index is 9.92. The van der Waals surface area contributed by atoms with E-state index in [1.807, 2.05) is 40.2 Å². The maximum atomic E-state index is 9.92. The lowest BCUT2D eigenvalue weighted by Gasteiger charge is -2.48. The second-order valence-corrected chi connectivity index (χ2v) is 43.4. The van der Waals surface area contributed by atoms with Crippen LogP contribution in [0.25, 0.3) is 5.57 Å². The highest BCUT2D eigenvalue weighted by atomic mass is 79.9. The Balaban J connectivity index is 0.000000114. The first-order valence-electron chi connectivity index (χ1n) is 39.6. The number of nitrogens with two attached hydrogens (primary N) is 2. The lowest BCUT2D eigenvalue weighted by Crippen LogP contribution is -2.46. The van der Waals surface area contributed by atoms with Crippen LogP contribution in [-0.2, 0) is 72.4 Å². The summed E-state index contributed by atoms with van der Waals surface area (Å²) in [5, 5.41) is 28.1. The Hall–Kier alpha value is -2.66. The lowest BCUT2D eigenvalue weighted by molar-refractivity contribution is 0.00294. The second-order valence-electron chi connectivity index (χ2n) is 34.8. The first kappa shape index (κ1) is 82.9. The molecule has 12 nitrogen and oxygen atoms in total. The third-order valence-electron chi connectivity index (χ3n) is 28.4. The van der Waals surface area contributed by atoms with Gasteiger partial charge in [0.25, 0.3) is 0 Å². The molecule has 4 unspecified atom stereocenters. The zero-order valence-corrected chi connectivity index (χ0v) is 76.0. The fourth-order valence-corrected chi connectivity index (χ4v) is 29.1. The average molecular weight is 1870 g/mol. The van der Waals surface area contributed by atoms with Gasteiger partial charge in [0.2, 0.25) is 0 Å². The van der Waals surface area contributed by atoms with Crippen LogP contribution in [0.2, 0.25) is 0 Å². The molecule has 18 rings (SSSR count). The highest BCUT2D eigenvalue weighted by Crippen LogP contribution is 2.69. The summed E-state index contributed by atoms with van der Waals surface area (Å²) in [5.74, 6) is 2.98. The van der Waals surface area contributed by atoms with Crippen LogP contribution in [-0.4, -0.2) is 102 Å². The molecular formula is C88H110Br5N7O5S4. The number of nitriles is 1. The van der Waals surface area contributed by atoms with Crippen molar-refractivity contribution in [2.45, 2.75) is 252 Å². The first-order chi connectivity index (χ1) is 52.1. The summed E-state index contributed by atoms with van der Waals surface area (Å²) in [7, 11) is 7.34. The van der Waals surface area contributed by atoms with Crippen molar-refractivity contribution in [1.29, 1.82) is 5.26 Å². The molecule has 8 spiro atoms. The number of methoxy groups -OCH3 is 4. The molecule has 3 aliphatic heterocycles. The topological polar surface area (TPSA) is 182 Å². The number of aliphatic imine (C=N–C) groups is 3. The smallest absolute Gasteiger partial charge is 0.157 e. The van der Waals surface area contributed by atoms with Gasteiger partial charge in [-0.2, -0.15) is 5.26 Å². The Kier molecular flexibility index (Phi) is 25.1. The van der Waals surface area contributed by atoms with Crippen LogP contribution in [0, 0.1) is 37.7 Å². The molecule has 0 bridgehead atoms. The molecule has 5 fully saturated rings. The summed E-state index contributed by atoms with van der Waals surface area (Å²) < 4.78 is 27.9. The fraction of sp³-hybridized carbons (Fsp3) is 0.591. The van der Waals surface area contributed by atoms with E-state index in [1.54, 1.807) is 23.5 Å². The number of fused-ring (bicyclic) bond motifs is 11. The predicted octanol–water partition coefficient (Wildman–Crippen LogP) is 22.3. The normalized spacial score (nSPS) is 34.6. The molecule has 3 heterocycles. The molecule has 5 saturated carbocycles. The van der Waals surface area contributed by atoms with Gasteiger partial charge in [0.1, 0.15) is 22.0 Å². The quantitative estimate of drug-likeness (QED) is 0.118. The van der Waals surface area contributed by atoms with Crippen LogP contribution in [0.15, 0.2) is 135 Å². The zero-order valence-electron chi connectivity index (χ0n) is 64.8. The molecule has 13 aliphatic rings. The highest BCUT2D eigenvalue weighted by molar-refractivity contribution is 9.11. The molecule has 4 atom stereocenters. The van der Waals surface area contributed by atoms with E-state index < -0.39 is 0 Å². The summed E-state index contributed by atoms with van der Waals surface area (Å²) in [4.78, 5) is 15.4. The van der Waals surface area contributed by atoms with E-state index in [-0.39, 0.29) is 54.7 Å². The minimum atomic E-state index is -0.180.